The van der Waals surface area contributed by atoms with Crippen molar-refractivity contribution in [1.82, 2.24) is 24.7 Å². The smallest absolute Gasteiger partial charge is 0.383 e. The molecule has 3 aromatic heterocycles. The summed E-state index contributed by atoms with van der Waals surface area (Å²) in [6.07, 6.45) is 0.0122. The number of fused-ring (bicyclic) bond motifs is 1. The van der Waals surface area contributed by atoms with Gasteiger partial charge in [-0.2, -0.15) is 18.3 Å². The van der Waals surface area contributed by atoms with Crippen LogP contribution in [0.2, 0.25) is 0 Å². The Balaban J connectivity index is 1.49. The minimum Gasteiger partial charge on any atom is -0.383 e. The fourth-order valence-corrected chi connectivity index (χ4v) is 4.33. The van der Waals surface area contributed by atoms with E-state index in [1.165, 1.54) is 10.6 Å². The van der Waals surface area contributed by atoms with Crippen LogP contribution >= 0.6 is 0 Å². The van der Waals surface area contributed by atoms with Crippen LogP contribution in [-0.2, 0) is 12.7 Å². The predicted molar refractivity (Wildman–Crippen MR) is 140 cm³/mol. The van der Waals surface area contributed by atoms with Gasteiger partial charge >= 0.3 is 6.18 Å². The molecule has 13 heteroatoms. The van der Waals surface area contributed by atoms with Crippen LogP contribution in [0, 0.1) is 5.82 Å². The molecule has 1 atom stereocenters. The quantitative estimate of drug-likeness (QED) is 0.274. The number of anilines is 2. The second-order valence-corrected chi connectivity index (χ2v) is 9.60. The van der Waals surface area contributed by atoms with Gasteiger partial charge in [0.05, 0.1) is 22.8 Å². The molecule has 0 aliphatic carbocycles. The lowest BCUT2D eigenvalue weighted by Gasteiger charge is -2.18. The molecular weight excluding hydrogens is 518 g/mol. The van der Waals surface area contributed by atoms with Crippen molar-refractivity contribution in [2.75, 3.05) is 11.1 Å². The number of hydrogen-bond donors (Lipinski definition) is 3. The molecule has 0 unspecified atom stereocenters. The molecular formula is C26H27F4N7O2. The van der Waals surface area contributed by atoms with Gasteiger partial charge < -0.3 is 15.6 Å². The van der Waals surface area contributed by atoms with E-state index < -0.39 is 40.4 Å². The molecule has 9 nitrogen and oxygen atoms in total. The van der Waals surface area contributed by atoms with Crippen molar-refractivity contribution in [3.63, 3.8) is 0 Å². The van der Waals surface area contributed by atoms with E-state index >= 15 is 4.39 Å². The summed E-state index contributed by atoms with van der Waals surface area (Å²) in [5.74, 6) is -0.182. The molecule has 0 spiro atoms. The second kappa shape index (κ2) is 10.8. The molecule has 0 aliphatic rings. The molecule has 4 rings (SSSR count). The SMILES string of the molecule is CC(C)c1cnc(-c2cc3ccn(CCC[C@H](C)Nc4cn[nH]c(=O)c4C(F)(F)F)c(=O)c3cc2F)nc1N. The van der Waals surface area contributed by atoms with E-state index in [9.17, 15) is 22.8 Å². The molecule has 4 N–H and O–H groups in total. The van der Waals surface area contributed by atoms with Crippen molar-refractivity contribution in [3.8, 4) is 11.4 Å². The molecule has 39 heavy (non-hydrogen) atoms. The Morgan fingerprint density at radius 3 is 2.56 bits per heavy atom. The van der Waals surface area contributed by atoms with Crippen LogP contribution in [0.25, 0.3) is 22.2 Å². The Bertz CT molecular complexity index is 1630. The van der Waals surface area contributed by atoms with Gasteiger partial charge in [-0.1, -0.05) is 13.8 Å². The lowest BCUT2D eigenvalue weighted by atomic mass is 10.0. The van der Waals surface area contributed by atoms with Crippen LogP contribution in [0.1, 0.15) is 50.7 Å². The first kappa shape index (κ1) is 27.7. The molecule has 0 radical (unpaired) electrons. The van der Waals surface area contributed by atoms with Crippen molar-refractivity contribution in [1.29, 1.82) is 0 Å². The lowest BCUT2D eigenvalue weighted by molar-refractivity contribution is -0.138. The topological polar surface area (TPSA) is 132 Å². The van der Waals surface area contributed by atoms with E-state index in [0.29, 0.717) is 18.2 Å². The Hall–Kier alpha value is -4.29. The van der Waals surface area contributed by atoms with Crippen molar-refractivity contribution in [3.05, 3.63) is 74.4 Å². The first-order valence-corrected chi connectivity index (χ1v) is 12.2. The fourth-order valence-electron chi connectivity index (χ4n) is 4.33. The van der Waals surface area contributed by atoms with E-state index in [4.69, 9.17) is 5.73 Å². The Morgan fingerprint density at radius 1 is 1.15 bits per heavy atom. The molecule has 0 bridgehead atoms. The molecule has 1 aromatic carbocycles. The number of nitrogen functional groups attached to an aromatic ring is 1. The lowest BCUT2D eigenvalue weighted by Crippen LogP contribution is -2.27. The molecule has 0 fully saturated rings. The highest BCUT2D eigenvalue weighted by Crippen LogP contribution is 2.32. The van der Waals surface area contributed by atoms with Gasteiger partial charge in [0.1, 0.15) is 17.2 Å². The van der Waals surface area contributed by atoms with E-state index in [0.717, 1.165) is 17.8 Å². The Kier molecular flexibility index (Phi) is 7.70. The zero-order valence-corrected chi connectivity index (χ0v) is 21.4. The average molecular weight is 546 g/mol. The van der Waals surface area contributed by atoms with Crippen LogP contribution in [-0.4, -0.2) is 30.8 Å². The number of nitrogens with two attached hydrogens (primary N) is 1. The van der Waals surface area contributed by atoms with E-state index in [1.54, 1.807) is 30.5 Å². The number of hydrogen-bond acceptors (Lipinski definition) is 7. The molecule has 206 valence electrons. The number of rotatable bonds is 8. The zero-order valence-electron chi connectivity index (χ0n) is 21.4. The summed E-state index contributed by atoms with van der Waals surface area (Å²) >= 11 is 0. The molecule has 0 saturated carbocycles. The van der Waals surface area contributed by atoms with Gasteiger partial charge in [-0.05, 0) is 49.3 Å². The summed E-state index contributed by atoms with van der Waals surface area (Å²) in [5.41, 5.74) is 3.37. The van der Waals surface area contributed by atoms with E-state index in [1.807, 2.05) is 13.8 Å². The average Bonchev–Trinajstić information content (AvgIpc) is 2.84. The molecule has 0 saturated heterocycles. The largest absolute Gasteiger partial charge is 0.423 e. The van der Waals surface area contributed by atoms with E-state index in [2.05, 4.69) is 20.4 Å². The van der Waals surface area contributed by atoms with Crippen molar-refractivity contribution in [2.45, 2.75) is 58.3 Å². The zero-order chi connectivity index (χ0) is 28.5. The number of benzene rings is 1. The first-order chi connectivity index (χ1) is 18.4. The number of aromatic amines is 1. The van der Waals surface area contributed by atoms with Gasteiger partial charge in [-0.15, -0.1) is 0 Å². The fraction of sp³-hybridized carbons (Fsp3) is 0.346. The number of nitrogens with one attached hydrogen (secondary N) is 2. The summed E-state index contributed by atoms with van der Waals surface area (Å²) in [6, 6.07) is 3.85. The Labute approximate surface area is 220 Å². The second-order valence-electron chi connectivity index (χ2n) is 9.60. The maximum absolute atomic E-state index is 15.0. The number of aromatic nitrogens is 5. The minimum absolute atomic E-state index is 0.106. The van der Waals surface area contributed by atoms with Gasteiger partial charge in [0, 0.05) is 30.5 Å². The number of nitrogens with zero attached hydrogens (tertiary/aromatic N) is 4. The summed E-state index contributed by atoms with van der Waals surface area (Å²) in [4.78, 5) is 33.1. The maximum Gasteiger partial charge on any atom is 0.423 e. The Morgan fingerprint density at radius 2 is 1.90 bits per heavy atom. The first-order valence-electron chi connectivity index (χ1n) is 12.2. The number of aryl methyl sites for hydroxylation is 1. The number of H-pyrrole nitrogens is 1. The van der Waals surface area contributed by atoms with Crippen molar-refractivity contribution >= 4 is 22.3 Å². The van der Waals surface area contributed by atoms with Crippen LogP contribution < -0.4 is 22.2 Å². The monoisotopic (exact) mass is 545 g/mol. The molecule has 4 aromatic rings. The van der Waals surface area contributed by atoms with Crippen LogP contribution in [0.4, 0.5) is 29.1 Å². The third-order valence-corrected chi connectivity index (χ3v) is 6.35. The standard InChI is InChI=1S/C26H27F4N7O2/c1-13(2)18-11-32-23(35-22(18)31)17-9-15-6-8-37(25(39)16(15)10-19(17)27)7-4-5-14(3)34-20-12-33-36-24(38)21(20)26(28,29)30/h6,8-14H,4-5,7H2,1-3H3,(H2,31,32,35)(H2,34,36,38)/t14-/m0/s1. The molecule has 3 heterocycles. The van der Waals surface area contributed by atoms with Crippen molar-refractivity contribution < 1.29 is 17.6 Å². The number of pyridine rings is 1. The highest BCUT2D eigenvalue weighted by Gasteiger charge is 2.37. The van der Waals surface area contributed by atoms with Gasteiger partial charge in [-0.25, -0.2) is 19.5 Å². The maximum atomic E-state index is 15.0. The van der Waals surface area contributed by atoms with Gasteiger partial charge in [-0.3, -0.25) is 9.59 Å². The number of alkyl halides is 3. The summed E-state index contributed by atoms with van der Waals surface area (Å²) in [6.45, 7) is 5.80. The summed E-state index contributed by atoms with van der Waals surface area (Å²) in [5, 5.41) is 8.56. The molecule has 0 amide bonds. The van der Waals surface area contributed by atoms with E-state index in [-0.39, 0.29) is 35.1 Å². The van der Waals surface area contributed by atoms with Crippen molar-refractivity contribution in [2.24, 2.45) is 0 Å². The summed E-state index contributed by atoms with van der Waals surface area (Å²) < 4.78 is 56.2. The minimum atomic E-state index is -4.84. The highest BCUT2D eigenvalue weighted by atomic mass is 19.4. The number of halogens is 4. The van der Waals surface area contributed by atoms with Gasteiger partial charge in [0.2, 0.25) is 0 Å². The summed E-state index contributed by atoms with van der Waals surface area (Å²) in [7, 11) is 0. The third-order valence-electron chi connectivity index (χ3n) is 6.35. The van der Waals surface area contributed by atoms with Gasteiger partial charge in [0.25, 0.3) is 11.1 Å². The van der Waals surface area contributed by atoms with Gasteiger partial charge in [0.15, 0.2) is 5.82 Å². The normalized spacial score (nSPS) is 12.7. The van der Waals surface area contributed by atoms with Crippen LogP contribution in [0.5, 0.6) is 0 Å². The highest BCUT2D eigenvalue weighted by molar-refractivity contribution is 5.86. The molecule has 0 aliphatic heterocycles. The third kappa shape index (κ3) is 5.91. The van der Waals surface area contributed by atoms with Crippen LogP contribution in [0.3, 0.4) is 0 Å². The van der Waals surface area contributed by atoms with Crippen LogP contribution in [0.15, 0.2) is 46.4 Å². The predicted octanol–water partition coefficient (Wildman–Crippen LogP) is 4.69.